The van der Waals surface area contributed by atoms with Crippen LogP contribution in [0.3, 0.4) is 0 Å². The fraction of sp³-hybridized carbons (Fsp3) is 0. The summed E-state index contributed by atoms with van der Waals surface area (Å²) in [5, 5.41) is 11.7. The molecule has 0 radical (unpaired) electrons. The van der Waals surface area contributed by atoms with Gasteiger partial charge in [-0.1, -0.05) is 15.9 Å². The number of hydrogen-bond donors (Lipinski definition) is 2. The minimum atomic E-state index is -1.19. The molecule has 0 bridgehead atoms. The van der Waals surface area contributed by atoms with E-state index in [1.807, 2.05) is 0 Å². The maximum atomic E-state index is 12.0. The lowest BCUT2D eigenvalue weighted by atomic mass is 10.1. The Balaban J connectivity index is 2.39. The molecular formula is C13H7Br2NO5. The van der Waals surface area contributed by atoms with Gasteiger partial charge in [-0.15, -0.1) is 0 Å². The fourth-order valence-corrected chi connectivity index (χ4v) is 2.87. The van der Waals surface area contributed by atoms with Gasteiger partial charge in [-0.25, -0.2) is 9.59 Å². The van der Waals surface area contributed by atoms with E-state index in [9.17, 15) is 19.5 Å². The SMILES string of the molecule is O=C(Nc1c(Br)cc(Br)cc1C(=O)O)c1ccc(=O)oc1. The molecule has 1 aromatic carbocycles. The number of hydrogen-bond acceptors (Lipinski definition) is 4. The Bertz CT molecular complexity index is 764. The van der Waals surface area contributed by atoms with E-state index >= 15 is 0 Å². The van der Waals surface area contributed by atoms with Crippen molar-refractivity contribution in [3.63, 3.8) is 0 Å². The number of aromatic carboxylic acids is 1. The summed E-state index contributed by atoms with van der Waals surface area (Å²) in [4.78, 5) is 34.1. The molecule has 0 fully saturated rings. The smallest absolute Gasteiger partial charge is 0.337 e. The quantitative estimate of drug-likeness (QED) is 0.801. The van der Waals surface area contributed by atoms with Crippen LogP contribution in [0.2, 0.25) is 0 Å². The van der Waals surface area contributed by atoms with E-state index in [4.69, 9.17) is 0 Å². The summed E-state index contributed by atoms with van der Waals surface area (Å²) < 4.78 is 5.55. The summed E-state index contributed by atoms with van der Waals surface area (Å²) in [5.74, 6) is -1.78. The topological polar surface area (TPSA) is 96.6 Å². The molecule has 0 spiro atoms. The highest BCUT2D eigenvalue weighted by atomic mass is 79.9. The van der Waals surface area contributed by atoms with Gasteiger partial charge in [0.25, 0.3) is 5.91 Å². The Morgan fingerprint density at radius 3 is 2.48 bits per heavy atom. The van der Waals surface area contributed by atoms with Crippen LogP contribution in [0, 0.1) is 0 Å². The minimum Gasteiger partial charge on any atom is -0.478 e. The highest BCUT2D eigenvalue weighted by Gasteiger charge is 2.18. The lowest BCUT2D eigenvalue weighted by Crippen LogP contribution is -2.16. The zero-order valence-corrected chi connectivity index (χ0v) is 13.4. The molecule has 6 nitrogen and oxygen atoms in total. The summed E-state index contributed by atoms with van der Waals surface area (Å²) in [7, 11) is 0. The number of carbonyl (C=O) groups excluding carboxylic acids is 1. The van der Waals surface area contributed by atoms with Gasteiger partial charge in [0, 0.05) is 15.0 Å². The summed E-state index contributed by atoms with van der Waals surface area (Å²) in [6, 6.07) is 5.36. The standard InChI is InChI=1S/C13H7Br2NO5/c14-7-3-8(13(19)20)11(9(15)4-7)16-12(18)6-1-2-10(17)21-5-6/h1-5H,(H,16,18)(H,19,20). The highest BCUT2D eigenvalue weighted by Crippen LogP contribution is 2.31. The Kier molecular flexibility index (Phi) is 4.59. The third-order valence-electron chi connectivity index (χ3n) is 2.49. The molecule has 0 atom stereocenters. The lowest BCUT2D eigenvalue weighted by Gasteiger charge is -2.11. The number of halogens is 2. The van der Waals surface area contributed by atoms with Crippen LogP contribution in [0.25, 0.3) is 0 Å². The van der Waals surface area contributed by atoms with Crippen molar-refractivity contribution in [1.29, 1.82) is 0 Å². The number of carbonyl (C=O) groups is 2. The van der Waals surface area contributed by atoms with E-state index in [1.54, 1.807) is 6.07 Å². The van der Waals surface area contributed by atoms with Gasteiger partial charge >= 0.3 is 11.6 Å². The van der Waals surface area contributed by atoms with Gasteiger partial charge in [0.2, 0.25) is 0 Å². The molecule has 1 amide bonds. The Morgan fingerprint density at radius 1 is 1.19 bits per heavy atom. The van der Waals surface area contributed by atoms with Gasteiger partial charge in [0.05, 0.1) is 16.8 Å². The van der Waals surface area contributed by atoms with E-state index in [-0.39, 0.29) is 16.8 Å². The summed E-state index contributed by atoms with van der Waals surface area (Å²) in [6.45, 7) is 0. The van der Waals surface area contributed by atoms with Crippen molar-refractivity contribution < 1.29 is 19.1 Å². The lowest BCUT2D eigenvalue weighted by molar-refractivity contribution is 0.0698. The van der Waals surface area contributed by atoms with Crippen LogP contribution in [0.15, 0.2) is 48.7 Å². The van der Waals surface area contributed by atoms with Gasteiger partial charge in [-0.3, -0.25) is 4.79 Å². The zero-order chi connectivity index (χ0) is 15.6. The second-order valence-electron chi connectivity index (χ2n) is 3.91. The van der Waals surface area contributed by atoms with E-state index in [2.05, 4.69) is 41.6 Å². The molecule has 1 aromatic heterocycles. The summed E-state index contributed by atoms with van der Waals surface area (Å²) in [5.41, 5.74) is -0.452. The molecule has 1 heterocycles. The average molecular weight is 417 g/mol. The van der Waals surface area contributed by atoms with Crippen LogP contribution in [0.1, 0.15) is 20.7 Å². The van der Waals surface area contributed by atoms with Crippen LogP contribution in [-0.2, 0) is 0 Å². The van der Waals surface area contributed by atoms with Crippen LogP contribution >= 0.6 is 31.9 Å². The van der Waals surface area contributed by atoms with E-state index < -0.39 is 17.5 Å². The maximum absolute atomic E-state index is 12.0. The summed E-state index contributed by atoms with van der Waals surface area (Å²) in [6.07, 6.45) is 1.00. The Hall–Kier alpha value is -1.93. The summed E-state index contributed by atoms with van der Waals surface area (Å²) >= 11 is 6.38. The van der Waals surface area contributed by atoms with Gasteiger partial charge in [-0.2, -0.15) is 0 Å². The molecule has 0 aliphatic carbocycles. The van der Waals surface area contributed by atoms with E-state index in [0.717, 1.165) is 12.3 Å². The number of amides is 1. The molecule has 0 aliphatic heterocycles. The molecule has 2 aromatic rings. The molecule has 0 unspecified atom stereocenters. The molecule has 2 rings (SSSR count). The highest BCUT2D eigenvalue weighted by molar-refractivity contribution is 9.11. The second-order valence-corrected chi connectivity index (χ2v) is 5.68. The first kappa shape index (κ1) is 15.5. The molecule has 0 saturated carbocycles. The Labute approximate surface area is 135 Å². The van der Waals surface area contributed by atoms with E-state index in [0.29, 0.717) is 8.95 Å². The van der Waals surface area contributed by atoms with Crippen LogP contribution in [0.5, 0.6) is 0 Å². The van der Waals surface area contributed by atoms with Gasteiger partial charge in [-0.05, 0) is 34.1 Å². The Morgan fingerprint density at radius 2 is 1.90 bits per heavy atom. The number of nitrogens with one attached hydrogen (secondary N) is 1. The molecule has 108 valence electrons. The number of carboxylic acid groups (broad SMARTS) is 1. The van der Waals surface area contributed by atoms with Gasteiger partial charge in [0.1, 0.15) is 6.26 Å². The van der Waals surface area contributed by atoms with Crippen molar-refractivity contribution in [1.82, 2.24) is 0 Å². The van der Waals surface area contributed by atoms with E-state index in [1.165, 1.54) is 12.1 Å². The number of anilines is 1. The van der Waals surface area contributed by atoms with Crippen LogP contribution < -0.4 is 10.9 Å². The van der Waals surface area contributed by atoms with Crippen molar-refractivity contribution in [2.24, 2.45) is 0 Å². The largest absolute Gasteiger partial charge is 0.478 e. The second kappa shape index (κ2) is 6.23. The first-order valence-corrected chi connectivity index (χ1v) is 7.09. The average Bonchev–Trinajstić information content (AvgIpc) is 2.41. The number of carboxylic acids is 1. The molecule has 8 heteroatoms. The molecule has 2 N–H and O–H groups in total. The third-order valence-corrected chi connectivity index (χ3v) is 3.57. The van der Waals surface area contributed by atoms with Gasteiger partial charge < -0.3 is 14.8 Å². The number of benzene rings is 1. The molecule has 0 saturated heterocycles. The van der Waals surface area contributed by atoms with Crippen molar-refractivity contribution in [3.8, 4) is 0 Å². The van der Waals surface area contributed by atoms with Gasteiger partial charge in [0.15, 0.2) is 0 Å². The van der Waals surface area contributed by atoms with Crippen LogP contribution in [-0.4, -0.2) is 17.0 Å². The fourth-order valence-electron chi connectivity index (χ4n) is 1.54. The minimum absolute atomic E-state index is 0.0815. The van der Waals surface area contributed by atoms with Crippen molar-refractivity contribution in [2.75, 3.05) is 5.32 Å². The normalized spacial score (nSPS) is 10.2. The molecular weight excluding hydrogens is 410 g/mol. The van der Waals surface area contributed by atoms with Crippen LogP contribution in [0.4, 0.5) is 5.69 Å². The molecule has 0 aliphatic rings. The maximum Gasteiger partial charge on any atom is 0.337 e. The first-order valence-electron chi connectivity index (χ1n) is 5.51. The molecule has 21 heavy (non-hydrogen) atoms. The van der Waals surface area contributed by atoms with Crippen molar-refractivity contribution >= 4 is 49.4 Å². The van der Waals surface area contributed by atoms with Crippen molar-refractivity contribution in [2.45, 2.75) is 0 Å². The number of rotatable bonds is 3. The zero-order valence-electron chi connectivity index (χ0n) is 10.2. The third kappa shape index (κ3) is 3.59. The first-order chi connectivity index (χ1) is 9.88. The van der Waals surface area contributed by atoms with Crippen molar-refractivity contribution in [3.05, 3.63) is 61.0 Å². The predicted molar refractivity (Wildman–Crippen MR) is 81.7 cm³/mol. The monoisotopic (exact) mass is 415 g/mol. The predicted octanol–water partition coefficient (Wildman–Crippen LogP) is 3.12.